The second-order valence-corrected chi connectivity index (χ2v) is 10.4. The van der Waals surface area contributed by atoms with Gasteiger partial charge in [-0.25, -0.2) is 23.5 Å². The van der Waals surface area contributed by atoms with Gasteiger partial charge in [-0.1, -0.05) is 11.6 Å². The lowest BCUT2D eigenvalue weighted by Gasteiger charge is -2.53. The van der Waals surface area contributed by atoms with Gasteiger partial charge in [0.2, 0.25) is 17.7 Å². The van der Waals surface area contributed by atoms with Crippen LogP contribution in [0.15, 0.2) is 30.6 Å². The minimum absolute atomic E-state index is 0.0179. The molecule has 1 spiro atoms. The average Bonchev–Trinajstić information content (AvgIpc) is 3.60. The van der Waals surface area contributed by atoms with Crippen LogP contribution in [0.25, 0.3) is 11.5 Å². The molecule has 0 radical (unpaired) electrons. The largest absolute Gasteiger partial charge is 0.480 e. The van der Waals surface area contributed by atoms with Crippen molar-refractivity contribution < 1.29 is 32.9 Å². The first-order valence-electron chi connectivity index (χ1n) is 12.7. The summed E-state index contributed by atoms with van der Waals surface area (Å²) in [7, 11) is 0. The number of aromatic nitrogens is 5. The second kappa shape index (κ2) is 10.4. The lowest BCUT2D eigenvalue weighted by atomic mass is 9.90. The molecule has 0 unspecified atom stereocenters. The number of hydrogen-bond acceptors (Lipinski definition) is 10. The van der Waals surface area contributed by atoms with Gasteiger partial charge in [0.1, 0.15) is 23.4 Å². The molecule has 6 heterocycles. The number of carbonyl (C=O) groups is 1. The van der Waals surface area contributed by atoms with E-state index >= 15 is 0 Å². The Balaban J connectivity index is 1.29. The summed E-state index contributed by atoms with van der Waals surface area (Å²) in [5.74, 6) is -1.83. The lowest BCUT2D eigenvalue weighted by Crippen LogP contribution is -2.68. The molecule has 3 aliphatic rings. The van der Waals surface area contributed by atoms with Gasteiger partial charge >= 0.3 is 5.97 Å². The van der Waals surface area contributed by atoms with Crippen molar-refractivity contribution in [2.45, 2.75) is 43.6 Å². The Labute approximate surface area is 232 Å². The van der Waals surface area contributed by atoms with Crippen LogP contribution in [-0.4, -0.2) is 92.7 Å². The SMILES string of the molecule is C[C@@H]1N(c2cc(Cl)cnc2O[C@H]2C[C@@H](C(=O)O)N(c3nc(-c4ccc[nH]4)nc(C(F)F)n3)C2)CCOC12COC2. The minimum Gasteiger partial charge on any atom is -0.480 e. The number of aromatic amines is 1. The van der Waals surface area contributed by atoms with Crippen LogP contribution in [0.5, 0.6) is 5.88 Å². The maximum absolute atomic E-state index is 13.7. The molecule has 212 valence electrons. The Bertz CT molecular complexity index is 1390. The first kappa shape index (κ1) is 26.6. The van der Waals surface area contributed by atoms with E-state index in [-0.39, 0.29) is 36.7 Å². The zero-order chi connectivity index (χ0) is 28.0. The maximum atomic E-state index is 13.7. The zero-order valence-electron chi connectivity index (χ0n) is 21.3. The normalized spacial score (nSPS) is 24.0. The van der Waals surface area contributed by atoms with Crippen LogP contribution in [0, 0.1) is 0 Å². The van der Waals surface area contributed by atoms with Gasteiger partial charge in [-0.2, -0.15) is 9.97 Å². The Hall–Kier alpha value is -3.62. The van der Waals surface area contributed by atoms with E-state index in [1.807, 2.05) is 6.92 Å². The highest BCUT2D eigenvalue weighted by molar-refractivity contribution is 6.30. The molecule has 0 saturated carbocycles. The fourth-order valence-corrected chi connectivity index (χ4v) is 5.46. The van der Waals surface area contributed by atoms with Crippen molar-refractivity contribution in [2.75, 3.05) is 42.7 Å². The fourth-order valence-electron chi connectivity index (χ4n) is 5.31. The predicted molar refractivity (Wildman–Crippen MR) is 138 cm³/mol. The summed E-state index contributed by atoms with van der Waals surface area (Å²) in [4.78, 5) is 35.0. The van der Waals surface area contributed by atoms with E-state index in [0.29, 0.717) is 42.8 Å². The lowest BCUT2D eigenvalue weighted by molar-refractivity contribution is -0.228. The number of carboxylic acids is 1. The quantitative estimate of drug-likeness (QED) is 0.428. The molecule has 3 atom stereocenters. The van der Waals surface area contributed by atoms with Gasteiger partial charge in [0.15, 0.2) is 5.82 Å². The Kier molecular flexibility index (Phi) is 6.92. The third kappa shape index (κ3) is 4.80. The molecular formula is C25H26ClF2N7O5. The van der Waals surface area contributed by atoms with Crippen LogP contribution < -0.4 is 14.5 Å². The minimum atomic E-state index is -2.98. The fraction of sp³-hybridized carbons (Fsp3) is 0.480. The third-order valence-electron chi connectivity index (χ3n) is 7.51. The number of hydrogen-bond donors (Lipinski definition) is 2. The standard InChI is InChI=1S/C25H26ClF2N7O5/c1-13-25(11-38-12-25)39-6-5-34(13)17-7-14(26)9-30-22(17)40-15-8-18(23(36)37)35(10-15)24-32-20(16-3-2-4-29-16)31-21(33-24)19(27)28/h2-4,7,9,13,15,18-19,29H,5-6,8,10-12H2,1H3,(H,36,37)/t13-,15-,18-/m0/s1. The van der Waals surface area contributed by atoms with Crippen molar-refractivity contribution in [3.05, 3.63) is 41.4 Å². The molecule has 40 heavy (non-hydrogen) atoms. The first-order chi connectivity index (χ1) is 19.2. The van der Waals surface area contributed by atoms with Crippen LogP contribution in [0.1, 0.15) is 25.6 Å². The molecule has 3 aliphatic heterocycles. The number of nitrogens with zero attached hydrogens (tertiary/aromatic N) is 6. The number of halogens is 3. The highest BCUT2D eigenvalue weighted by atomic mass is 35.5. The van der Waals surface area contributed by atoms with Gasteiger partial charge in [-0.15, -0.1) is 0 Å². The summed E-state index contributed by atoms with van der Waals surface area (Å²) in [6, 6.07) is 3.87. The molecule has 12 nitrogen and oxygen atoms in total. The summed E-state index contributed by atoms with van der Waals surface area (Å²) in [5, 5.41) is 10.4. The summed E-state index contributed by atoms with van der Waals surface area (Å²) in [6.07, 6.45) is -0.533. The number of morpholine rings is 1. The molecule has 0 aliphatic carbocycles. The van der Waals surface area contributed by atoms with Crippen LogP contribution >= 0.6 is 11.6 Å². The number of nitrogens with one attached hydrogen (secondary N) is 1. The molecule has 3 aromatic rings. The molecule has 0 bridgehead atoms. The van der Waals surface area contributed by atoms with Gasteiger partial charge in [0, 0.05) is 25.4 Å². The Morgan fingerprint density at radius 3 is 2.80 bits per heavy atom. The van der Waals surface area contributed by atoms with E-state index in [0.717, 1.165) is 0 Å². The van der Waals surface area contributed by atoms with Crippen LogP contribution in [-0.2, 0) is 14.3 Å². The predicted octanol–water partition coefficient (Wildman–Crippen LogP) is 2.96. The molecular weight excluding hydrogens is 552 g/mol. The third-order valence-corrected chi connectivity index (χ3v) is 7.72. The van der Waals surface area contributed by atoms with Crippen LogP contribution in [0.3, 0.4) is 0 Å². The van der Waals surface area contributed by atoms with Crippen molar-refractivity contribution in [1.29, 1.82) is 0 Å². The van der Waals surface area contributed by atoms with E-state index in [1.54, 1.807) is 24.4 Å². The van der Waals surface area contributed by atoms with E-state index < -0.39 is 36.0 Å². The van der Waals surface area contributed by atoms with Gasteiger partial charge in [0.05, 0.1) is 43.1 Å². The summed E-state index contributed by atoms with van der Waals surface area (Å²) in [5.41, 5.74) is 0.608. The smallest absolute Gasteiger partial charge is 0.326 e. The first-order valence-corrected chi connectivity index (χ1v) is 13.1. The van der Waals surface area contributed by atoms with Crippen molar-refractivity contribution in [1.82, 2.24) is 24.9 Å². The van der Waals surface area contributed by atoms with Gasteiger partial charge in [0.25, 0.3) is 6.43 Å². The van der Waals surface area contributed by atoms with E-state index in [4.69, 9.17) is 25.8 Å². The molecule has 3 aromatic heterocycles. The summed E-state index contributed by atoms with van der Waals surface area (Å²) >= 11 is 6.31. The number of aliphatic carboxylic acids is 1. The maximum Gasteiger partial charge on any atom is 0.326 e. The average molecular weight is 578 g/mol. The van der Waals surface area contributed by atoms with E-state index in [9.17, 15) is 18.7 Å². The number of anilines is 2. The number of rotatable bonds is 7. The number of alkyl halides is 2. The second-order valence-electron chi connectivity index (χ2n) is 9.94. The molecule has 0 amide bonds. The zero-order valence-corrected chi connectivity index (χ0v) is 22.1. The van der Waals surface area contributed by atoms with Gasteiger partial charge in [-0.05, 0) is 25.1 Å². The summed E-state index contributed by atoms with van der Waals surface area (Å²) < 4.78 is 45.1. The van der Waals surface area contributed by atoms with Crippen LogP contribution in [0.2, 0.25) is 5.02 Å². The molecule has 3 fully saturated rings. The molecule has 0 aromatic carbocycles. The monoisotopic (exact) mass is 577 g/mol. The molecule has 2 N–H and O–H groups in total. The van der Waals surface area contributed by atoms with Crippen LogP contribution in [0.4, 0.5) is 20.4 Å². The molecule has 6 rings (SSSR count). The van der Waals surface area contributed by atoms with Crippen molar-refractivity contribution in [3.8, 4) is 17.4 Å². The summed E-state index contributed by atoms with van der Waals surface area (Å²) in [6.45, 7) is 4.06. The molecule has 3 saturated heterocycles. The number of carboxylic acid groups (broad SMARTS) is 1. The molecule has 15 heteroatoms. The topological polar surface area (TPSA) is 139 Å². The van der Waals surface area contributed by atoms with Crippen molar-refractivity contribution in [2.24, 2.45) is 0 Å². The van der Waals surface area contributed by atoms with Gasteiger partial charge < -0.3 is 34.1 Å². The number of pyridine rings is 1. The van der Waals surface area contributed by atoms with E-state index in [1.165, 1.54) is 11.1 Å². The van der Waals surface area contributed by atoms with Crippen molar-refractivity contribution >= 4 is 29.2 Å². The highest BCUT2D eigenvalue weighted by Crippen LogP contribution is 2.40. The van der Waals surface area contributed by atoms with E-state index in [2.05, 4.69) is 29.8 Å². The Morgan fingerprint density at radius 2 is 2.12 bits per heavy atom. The van der Waals surface area contributed by atoms with Crippen molar-refractivity contribution in [3.63, 3.8) is 0 Å². The Morgan fingerprint density at radius 1 is 1.30 bits per heavy atom. The number of H-pyrrole nitrogens is 1. The van der Waals surface area contributed by atoms with Gasteiger partial charge in [-0.3, -0.25) is 0 Å². The number of ether oxygens (including phenoxy) is 3. The highest BCUT2D eigenvalue weighted by Gasteiger charge is 2.50.